The molecule has 0 unspecified atom stereocenters. The van der Waals surface area contributed by atoms with Crippen molar-refractivity contribution in [1.29, 1.82) is 0 Å². The van der Waals surface area contributed by atoms with Crippen LogP contribution in [-0.4, -0.2) is 39.4 Å². The fourth-order valence-electron chi connectivity index (χ4n) is 2.61. The molecule has 0 spiro atoms. The summed E-state index contributed by atoms with van der Waals surface area (Å²) in [5.74, 6) is -0.934. The minimum Gasteiger partial charge on any atom is -0.489 e. The highest BCUT2D eigenvalue weighted by atomic mass is 32.2. The van der Waals surface area contributed by atoms with Gasteiger partial charge < -0.3 is 14.1 Å². The van der Waals surface area contributed by atoms with Crippen molar-refractivity contribution >= 4 is 15.7 Å². The Hall–Kier alpha value is -3.13. The fraction of sp³-hybridized carbons (Fsp3) is 0.190. The van der Waals surface area contributed by atoms with E-state index in [1.54, 1.807) is 37.4 Å². The Bertz CT molecular complexity index is 1080. The topological polar surface area (TPSA) is 76.8 Å². The summed E-state index contributed by atoms with van der Waals surface area (Å²) in [5.41, 5.74) is 0. The average Bonchev–Trinajstić information content (AvgIpc) is 3.17. The molecule has 0 saturated heterocycles. The first-order valence-corrected chi connectivity index (χ1v) is 10.5. The predicted octanol–water partition coefficient (Wildman–Crippen LogP) is 3.54. The van der Waals surface area contributed by atoms with Crippen molar-refractivity contribution in [1.82, 2.24) is 4.90 Å². The molecule has 3 aromatic rings. The molecule has 1 aromatic heterocycles. The fourth-order valence-corrected chi connectivity index (χ4v) is 3.88. The molecule has 0 aliphatic heterocycles. The van der Waals surface area contributed by atoms with E-state index in [1.807, 2.05) is 0 Å². The van der Waals surface area contributed by atoms with Gasteiger partial charge in [0.15, 0.2) is 27.2 Å². The summed E-state index contributed by atoms with van der Waals surface area (Å²) >= 11 is 0. The minimum absolute atomic E-state index is 0.0247. The van der Waals surface area contributed by atoms with Crippen molar-refractivity contribution in [3.8, 4) is 5.75 Å². The first kappa shape index (κ1) is 20.6. The highest BCUT2D eigenvalue weighted by molar-refractivity contribution is 7.90. The van der Waals surface area contributed by atoms with Crippen LogP contribution in [0.15, 0.2) is 76.0 Å². The average molecular weight is 417 g/mol. The Morgan fingerprint density at radius 3 is 2.45 bits per heavy atom. The molecule has 0 atom stereocenters. The third kappa shape index (κ3) is 5.23. The normalized spacial score (nSPS) is 11.2. The minimum atomic E-state index is -3.57. The van der Waals surface area contributed by atoms with Gasteiger partial charge in [-0.05, 0) is 36.4 Å². The first-order valence-electron chi connectivity index (χ1n) is 8.86. The number of hydrogen-bond donors (Lipinski definition) is 0. The Morgan fingerprint density at radius 1 is 1.03 bits per heavy atom. The Kier molecular flexibility index (Phi) is 6.33. The van der Waals surface area contributed by atoms with Gasteiger partial charge in [-0.25, -0.2) is 12.8 Å². The van der Waals surface area contributed by atoms with Crippen LogP contribution in [-0.2, 0) is 15.6 Å². The largest absolute Gasteiger partial charge is 0.489 e. The molecule has 152 valence electrons. The molecule has 8 heteroatoms. The van der Waals surface area contributed by atoms with Crippen LogP contribution in [0.1, 0.15) is 16.3 Å². The predicted molar refractivity (Wildman–Crippen MR) is 105 cm³/mol. The summed E-state index contributed by atoms with van der Waals surface area (Å²) in [6, 6.07) is 16.9. The summed E-state index contributed by atoms with van der Waals surface area (Å²) in [4.78, 5) is 14.0. The molecule has 0 fully saturated rings. The number of likely N-dealkylation sites (N-methyl/N-ethyl adjacent to an activating group) is 1. The van der Waals surface area contributed by atoms with Gasteiger partial charge in [0.1, 0.15) is 18.1 Å². The molecule has 6 nitrogen and oxygen atoms in total. The number of ether oxygens (including phenoxy) is 1. The molecule has 29 heavy (non-hydrogen) atoms. The number of carbonyl (C=O) groups is 1. The number of sulfone groups is 1. The first-order chi connectivity index (χ1) is 13.9. The lowest BCUT2D eigenvalue weighted by atomic mass is 10.3. The second-order valence-corrected chi connectivity index (χ2v) is 8.33. The molecule has 0 aliphatic rings. The van der Waals surface area contributed by atoms with E-state index in [1.165, 1.54) is 41.3 Å². The van der Waals surface area contributed by atoms with E-state index >= 15 is 0 Å². The van der Waals surface area contributed by atoms with Gasteiger partial charge in [-0.1, -0.05) is 30.3 Å². The molecular formula is C21H20FNO5S. The molecule has 0 saturated carbocycles. The standard InChI is InChI=1S/C21H20FNO5S/c1-23(13-14-27-19-10-6-5-9-18(19)22)21(24)20-12-11-16(28-20)15-29(25,26)17-7-3-2-4-8-17/h2-12H,13-15H2,1H3. The van der Waals surface area contributed by atoms with E-state index < -0.39 is 21.6 Å². The van der Waals surface area contributed by atoms with Crippen LogP contribution in [0.4, 0.5) is 4.39 Å². The van der Waals surface area contributed by atoms with E-state index in [2.05, 4.69) is 0 Å². The Labute approximate surface area is 168 Å². The number of hydrogen-bond acceptors (Lipinski definition) is 5. The second kappa shape index (κ2) is 8.91. The molecule has 1 amide bonds. The lowest BCUT2D eigenvalue weighted by Crippen LogP contribution is -2.30. The zero-order valence-corrected chi connectivity index (χ0v) is 16.6. The number of nitrogens with zero attached hydrogens (tertiary/aromatic N) is 1. The Balaban J connectivity index is 1.58. The van der Waals surface area contributed by atoms with Gasteiger partial charge in [0.2, 0.25) is 0 Å². The number of amides is 1. The smallest absolute Gasteiger partial charge is 0.289 e. The van der Waals surface area contributed by atoms with Crippen LogP contribution in [0.25, 0.3) is 0 Å². The van der Waals surface area contributed by atoms with Crippen LogP contribution >= 0.6 is 0 Å². The van der Waals surface area contributed by atoms with Crippen molar-refractivity contribution < 1.29 is 26.8 Å². The molecular weight excluding hydrogens is 397 g/mol. The molecule has 0 aliphatic carbocycles. The van der Waals surface area contributed by atoms with Crippen LogP contribution in [0.3, 0.4) is 0 Å². The van der Waals surface area contributed by atoms with Crippen molar-refractivity contribution in [2.75, 3.05) is 20.2 Å². The molecule has 3 rings (SSSR count). The molecule has 1 heterocycles. The second-order valence-electron chi connectivity index (χ2n) is 6.34. The maximum atomic E-state index is 13.5. The van der Waals surface area contributed by atoms with Gasteiger partial charge in [0, 0.05) is 7.05 Å². The van der Waals surface area contributed by atoms with Crippen molar-refractivity contribution in [3.05, 3.63) is 84.1 Å². The zero-order valence-electron chi connectivity index (χ0n) is 15.7. The lowest BCUT2D eigenvalue weighted by molar-refractivity contribution is 0.0740. The highest BCUT2D eigenvalue weighted by Gasteiger charge is 2.20. The summed E-state index contributed by atoms with van der Waals surface area (Å²) in [5, 5.41) is 0. The molecule has 0 bridgehead atoms. The SMILES string of the molecule is CN(CCOc1ccccc1F)C(=O)c1ccc(CS(=O)(=O)c2ccccc2)o1. The van der Waals surface area contributed by atoms with Gasteiger partial charge in [-0.3, -0.25) is 4.79 Å². The monoisotopic (exact) mass is 417 g/mol. The van der Waals surface area contributed by atoms with Gasteiger partial charge in [-0.15, -0.1) is 0 Å². The molecule has 2 aromatic carbocycles. The number of halogens is 1. The zero-order chi connectivity index (χ0) is 20.9. The Morgan fingerprint density at radius 2 is 1.72 bits per heavy atom. The maximum absolute atomic E-state index is 13.5. The third-order valence-corrected chi connectivity index (χ3v) is 5.83. The van der Waals surface area contributed by atoms with Crippen molar-refractivity contribution in [2.45, 2.75) is 10.6 Å². The highest BCUT2D eigenvalue weighted by Crippen LogP contribution is 2.19. The van der Waals surface area contributed by atoms with Gasteiger partial charge in [0.05, 0.1) is 11.4 Å². The summed E-state index contributed by atoms with van der Waals surface area (Å²) in [6.07, 6.45) is 0. The quantitative estimate of drug-likeness (QED) is 0.560. The van der Waals surface area contributed by atoms with E-state index in [-0.39, 0.29) is 41.1 Å². The van der Waals surface area contributed by atoms with Gasteiger partial charge >= 0.3 is 0 Å². The van der Waals surface area contributed by atoms with Crippen LogP contribution in [0.5, 0.6) is 5.75 Å². The number of carbonyl (C=O) groups excluding carboxylic acids is 1. The summed E-state index contributed by atoms with van der Waals surface area (Å²) in [6.45, 7) is 0.296. The summed E-state index contributed by atoms with van der Waals surface area (Å²) in [7, 11) is -2.02. The van der Waals surface area contributed by atoms with E-state index in [0.717, 1.165) is 0 Å². The number of furan rings is 1. The van der Waals surface area contributed by atoms with Crippen LogP contribution in [0, 0.1) is 5.82 Å². The third-order valence-electron chi connectivity index (χ3n) is 4.17. The van der Waals surface area contributed by atoms with Crippen molar-refractivity contribution in [3.63, 3.8) is 0 Å². The molecule has 0 N–H and O–H groups in total. The number of benzene rings is 2. The number of rotatable bonds is 8. The van der Waals surface area contributed by atoms with Gasteiger partial charge in [0.25, 0.3) is 5.91 Å². The van der Waals surface area contributed by atoms with E-state index in [4.69, 9.17) is 9.15 Å². The van der Waals surface area contributed by atoms with Crippen LogP contribution in [0.2, 0.25) is 0 Å². The van der Waals surface area contributed by atoms with E-state index in [9.17, 15) is 17.6 Å². The number of para-hydroxylation sites is 1. The van der Waals surface area contributed by atoms with Gasteiger partial charge in [-0.2, -0.15) is 0 Å². The van der Waals surface area contributed by atoms with E-state index in [0.29, 0.717) is 0 Å². The lowest BCUT2D eigenvalue weighted by Gasteiger charge is -2.16. The molecule has 0 radical (unpaired) electrons. The van der Waals surface area contributed by atoms with Crippen molar-refractivity contribution in [2.24, 2.45) is 0 Å². The van der Waals surface area contributed by atoms with Crippen LogP contribution < -0.4 is 4.74 Å². The maximum Gasteiger partial charge on any atom is 0.289 e. The summed E-state index contributed by atoms with van der Waals surface area (Å²) < 4.78 is 49.1.